The van der Waals surface area contributed by atoms with Gasteiger partial charge in [-0.25, -0.2) is 0 Å². The molecule has 0 aliphatic carbocycles. The van der Waals surface area contributed by atoms with Gasteiger partial charge in [0.25, 0.3) is 11.8 Å². The van der Waals surface area contributed by atoms with Gasteiger partial charge in [-0.1, -0.05) is 23.4 Å². The van der Waals surface area contributed by atoms with Crippen LogP contribution in [0.2, 0.25) is 0 Å². The van der Waals surface area contributed by atoms with Crippen LogP contribution < -0.4 is 15.0 Å². The van der Waals surface area contributed by atoms with Crippen molar-refractivity contribution < 1.29 is 14.1 Å². The van der Waals surface area contributed by atoms with Crippen molar-refractivity contribution in [1.82, 2.24) is 20.4 Å². The number of nitrogens with one attached hydrogen (secondary N) is 1. The van der Waals surface area contributed by atoms with Crippen LogP contribution in [-0.4, -0.2) is 60.3 Å². The van der Waals surface area contributed by atoms with Crippen molar-refractivity contribution in [1.29, 1.82) is 0 Å². The summed E-state index contributed by atoms with van der Waals surface area (Å²) in [7, 11) is 0. The molecule has 0 saturated carbocycles. The van der Waals surface area contributed by atoms with Crippen molar-refractivity contribution in [3.05, 3.63) is 60.5 Å². The molecule has 0 radical (unpaired) electrons. The molecule has 1 fully saturated rings. The molecule has 8 nitrogen and oxygen atoms in total. The number of benzene rings is 2. The van der Waals surface area contributed by atoms with E-state index in [0.717, 1.165) is 24.3 Å². The zero-order valence-corrected chi connectivity index (χ0v) is 18.5. The number of nitrogens with zero attached hydrogens (tertiary/aromatic N) is 4. The molecule has 2 heterocycles. The lowest BCUT2D eigenvalue weighted by molar-refractivity contribution is -0.137. The van der Waals surface area contributed by atoms with Gasteiger partial charge in [-0.05, 0) is 50.2 Å². The number of hydrogen-bond acceptors (Lipinski definition) is 7. The minimum Gasteiger partial charge on any atom is -0.484 e. The Bertz CT molecular complexity index is 1000. The van der Waals surface area contributed by atoms with Crippen molar-refractivity contribution in [3.8, 4) is 17.1 Å². The van der Waals surface area contributed by atoms with E-state index < -0.39 is 0 Å². The number of ether oxygens (including phenoxy) is 1. The highest BCUT2D eigenvalue weighted by molar-refractivity contribution is 5.78. The van der Waals surface area contributed by atoms with Gasteiger partial charge in [-0.3, -0.25) is 4.79 Å². The van der Waals surface area contributed by atoms with Crippen LogP contribution in [0.15, 0.2) is 59.1 Å². The zero-order chi connectivity index (χ0) is 22.3. The van der Waals surface area contributed by atoms with Crippen LogP contribution in [0.1, 0.15) is 25.8 Å². The third-order valence-electron chi connectivity index (χ3n) is 5.65. The smallest absolute Gasteiger partial charge is 0.261 e. The van der Waals surface area contributed by atoms with Gasteiger partial charge < -0.3 is 24.4 Å². The second-order valence-corrected chi connectivity index (χ2v) is 7.58. The number of amides is 1. The molecule has 1 N–H and O–H groups in total. The van der Waals surface area contributed by atoms with Crippen molar-refractivity contribution in [2.45, 2.75) is 19.9 Å². The molecule has 8 heteroatoms. The minimum atomic E-state index is -0.327. The van der Waals surface area contributed by atoms with Gasteiger partial charge in [-0.15, -0.1) is 0 Å². The Kier molecular flexibility index (Phi) is 7.01. The highest BCUT2D eigenvalue weighted by Gasteiger charge is 2.32. The SMILES string of the molecule is CCN(CC)c1ccc(-c2noc(C3CNCCN3C(=O)COc3ccccc3)n2)cc1. The predicted molar refractivity (Wildman–Crippen MR) is 123 cm³/mol. The van der Waals surface area contributed by atoms with E-state index in [1.54, 1.807) is 4.90 Å². The molecule has 168 valence electrons. The van der Waals surface area contributed by atoms with Crippen LogP contribution in [0.5, 0.6) is 5.75 Å². The first-order valence-electron chi connectivity index (χ1n) is 11.1. The third kappa shape index (κ3) is 4.91. The molecule has 1 saturated heterocycles. The third-order valence-corrected chi connectivity index (χ3v) is 5.65. The second-order valence-electron chi connectivity index (χ2n) is 7.58. The number of hydrogen-bond donors (Lipinski definition) is 1. The molecule has 1 aromatic heterocycles. The summed E-state index contributed by atoms with van der Waals surface area (Å²) in [6.45, 7) is 7.97. The molecule has 4 rings (SSSR count). The first-order chi connectivity index (χ1) is 15.7. The fourth-order valence-electron chi connectivity index (χ4n) is 3.87. The molecule has 2 aromatic carbocycles. The maximum Gasteiger partial charge on any atom is 0.261 e. The van der Waals surface area contributed by atoms with Gasteiger partial charge in [0, 0.05) is 44.0 Å². The topological polar surface area (TPSA) is 83.7 Å². The normalized spacial score (nSPS) is 16.1. The quantitative estimate of drug-likeness (QED) is 0.582. The van der Waals surface area contributed by atoms with E-state index in [4.69, 9.17) is 9.26 Å². The maximum atomic E-state index is 12.9. The van der Waals surface area contributed by atoms with Gasteiger partial charge in [0.1, 0.15) is 11.8 Å². The fourth-order valence-corrected chi connectivity index (χ4v) is 3.87. The van der Waals surface area contributed by atoms with Crippen LogP contribution in [0.3, 0.4) is 0 Å². The number of carbonyl (C=O) groups excluding carboxylic acids is 1. The van der Waals surface area contributed by atoms with E-state index in [2.05, 4.69) is 46.3 Å². The Labute approximate surface area is 188 Å². The summed E-state index contributed by atoms with van der Waals surface area (Å²) in [5.41, 5.74) is 2.04. The molecule has 32 heavy (non-hydrogen) atoms. The molecule has 3 aromatic rings. The zero-order valence-electron chi connectivity index (χ0n) is 18.5. The maximum absolute atomic E-state index is 12.9. The Morgan fingerprint density at radius 1 is 1.16 bits per heavy atom. The van der Waals surface area contributed by atoms with Crippen LogP contribution in [-0.2, 0) is 4.79 Å². The average Bonchev–Trinajstić information content (AvgIpc) is 3.35. The predicted octanol–water partition coefficient (Wildman–Crippen LogP) is 3.13. The van der Waals surface area contributed by atoms with Gasteiger partial charge in [0.05, 0.1) is 0 Å². The minimum absolute atomic E-state index is 0.0334. The molecule has 1 atom stereocenters. The van der Waals surface area contributed by atoms with Crippen molar-refractivity contribution in [2.75, 3.05) is 44.2 Å². The van der Waals surface area contributed by atoms with E-state index in [-0.39, 0.29) is 18.6 Å². The number of anilines is 1. The summed E-state index contributed by atoms with van der Waals surface area (Å²) >= 11 is 0. The molecule has 1 amide bonds. The van der Waals surface area contributed by atoms with Crippen LogP contribution >= 0.6 is 0 Å². The van der Waals surface area contributed by atoms with E-state index >= 15 is 0 Å². The fraction of sp³-hybridized carbons (Fsp3) is 0.375. The second kappa shape index (κ2) is 10.3. The molecular formula is C24H29N5O3. The van der Waals surface area contributed by atoms with Crippen molar-refractivity contribution >= 4 is 11.6 Å². The van der Waals surface area contributed by atoms with E-state index in [1.807, 2.05) is 42.5 Å². The van der Waals surface area contributed by atoms with Crippen LogP contribution in [0.25, 0.3) is 11.4 Å². The Morgan fingerprint density at radius 3 is 2.62 bits per heavy atom. The highest BCUT2D eigenvalue weighted by atomic mass is 16.5. The number of piperazine rings is 1. The molecule has 0 bridgehead atoms. The first kappa shape index (κ1) is 21.8. The van der Waals surface area contributed by atoms with Crippen LogP contribution in [0, 0.1) is 0 Å². The van der Waals surface area contributed by atoms with Gasteiger partial charge in [0.15, 0.2) is 6.61 Å². The monoisotopic (exact) mass is 435 g/mol. The van der Waals surface area contributed by atoms with E-state index in [9.17, 15) is 4.79 Å². The largest absolute Gasteiger partial charge is 0.484 e. The summed E-state index contributed by atoms with van der Waals surface area (Å²) in [6.07, 6.45) is 0. The standard InChI is InChI=1S/C24H29N5O3/c1-3-28(4-2)19-12-10-18(11-13-19)23-26-24(32-27-23)21-16-25-14-15-29(21)22(30)17-31-20-8-6-5-7-9-20/h5-13,21,25H,3-4,14-17H2,1-2H3. The Morgan fingerprint density at radius 2 is 1.91 bits per heavy atom. The van der Waals surface area contributed by atoms with Gasteiger partial charge in [-0.2, -0.15) is 4.98 Å². The molecule has 1 unspecified atom stereocenters. The summed E-state index contributed by atoms with van der Waals surface area (Å²) < 4.78 is 11.2. The lowest BCUT2D eigenvalue weighted by Crippen LogP contribution is -2.50. The van der Waals surface area contributed by atoms with Gasteiger partial charge in [0.2, 0.25) is 5.82 Å². The molecule has 0 spiro atoms. The van der Waals surface area contributed by atoms with E-state index in [0.29, 0.717) is 37.1 Å². The van der Waals surface area contributed by atoms with Gasteiger partial charge >= 0.3 is 0 Å². The summed E-state index contributed by atoms with van der Waals surface area (Å²) in [5.74, 6) is 1.50. The number of aromatic nitrogens is 2. The molecule has 1 aliphatic rings. The number of carbonyl (C=O) groups is 1. The Balaban J connectivity index is 1.46. The summed E-state index contributed by atoms with van der Waals surface area (Å²) in [4.78, 5) is 21.5. The highest BCUT2D eigenvalue weighted by Crippen LogP contribution is 2.26. The van der Waals surface area contributed by atoms with Crippen LogP contribution in [0.4, 0.5) is 5.69 Å². The Hall–Kier alpha value is -3.39. The first-order valence-corrected chi connectivity index (χ1v) is 11.1. The molecule has 1 aliphatic heterocycles. The molecular weight excluding hydrogens is 406 g/mol. The van der Waals surface area contributed by atoms with Crippen molar-refractivity contribution in [2.24, 2.45) is 0 Å². The summed E-state index contributed by atoms with van der Waals surface area (Å²) in [6, 6.07) is 17.1. The average molecular weight is 436 g/mol. The van der Waals surface area contributed by atoms with Crippen molar-refractivity contribution in [3.63, 3.8) is 0 Å². The number of para-hydroxylation sites is 1. The lowest BCUT2D eigenvalue weighted by atomic mass is 10.1. The summed E-state index contributed by atoms with van der Waals surface area (Å²) in [5, 5.41) is 7.47. The number of rotatable bonds is 8. The van der Waals surface area contributed by atoms with E-state index in [1.165, 1.54) is 0 Å². The lowest BCUT2D eigenvalue weighted by Gasteiger charge is -2.33.